The van der Waals surface area contributed by atoms with Crippen molar-refractivity contribution in [3.63, 3.8) is 0 Å². The van der Waals surface area contributed by atoms with E-state index in [1.807, 2.05) is 97.1 Å². The molecule has 0 amide bonds. The normalized spacial score (nSPS) is 13.2. The molecule has 4 aromatic rings. The van der Waals surface area contributed by atoms with E-state index in [4.69, 9.17) is 0 Å². The van der Waals surface area contributed by atoms with Gasteiger partial charge in [0.2, 0.25) is 6.34 Å². The average molecular weight is 436 g/mol. The third-order valence-corrected chi connectivity index (χ3v) is 6.16. The highest BCUT2D eigenvalue weighted by Gasteiger charge is 2.23. The van der Waals surface area contributed by atoms with Crippen LogP contribution in [0.2, 0.25) is 0 Å². The predicted molar refractivity (Wildman–Crippen MR) is 132 cm³/mol. The molecule has 0 spiro atoms. The smallest absolute Gasteiger partial charge is 0.234 e. The van der Waals surface area contributed by atoms with Crippen molar-refractivity contribution >= 4 is 6.34 Å². The van der Waals surface area contributed by atoms with Crippen molar-refractivity contribution < 1.29 is 14.8 Å². The molecular weight excluding hydrogens is 408 g/mol. The lowest BCUT2D eigenvalue weighted by Gasteiger charge is -2.12. The van der Waals surface area contributed by atoms with Crippen LogP contribution >= 0.6 is 0 Å². The molecule has 0 unspecified atom stereocenters. The van der Waals surface area contributed by atoms with Gasteiger partial charge in [0, 0.05) is 22.3 Å². The van der Waals surface area contributed by atoms with Crippen LogP contribution in [0.25, 0.3) is 22.3 Å². The van der Waals surface area contributed by atoms with E-state index in [0.717, 1.165) is 46.5 Å². The summed E-state index contributed by atoms with van der Waals surface area (Å²) in [6, 6.07) is 31.8. The number of para-hydroxylation sites is 2. The van der Waals surface area contributed by atoms with E-state index in [2.05, 4.69) is 15.8 Å². The van der Waals surface area contributed by atoms with Gasteiger partial charge in [0.25, 0.3) is 0 Å². The van der Waals surface area contributed by atoms with Crippen LogP contribution < -0.4 is 0 Å². The zero-order valence-electron chi connectivity index (χ0n) is 18.4. The summed E-state index contributed by atoms with van der Waals surface area (Å²) >= 11 is 0. The van der Waals surface area contributed by atoms with E-state index >= 15 is 0 Å². The highest BCUT2D eigenvalue weighted by molar-refractivity contribution is 5.72. The van der Waals surface area contributed by atoms with Crippen LogP contribution in [0.4, 0.5) is 0 Å². The van der Waals surface area contributed by atoms with Crippen molar-refractivity contribution in [2.45, 2.75) is 13.1 Å². The van der Waals surface area contributed by atoms with Crippen molar-refractivity contribution in [3.8, 4) is 33.8 Å². The molecule has 0 saturated heterocycles. The number of aromatic hydroxyl groups is 2. The van der Waals surface area contributed by atoms with Crippen molar-refractivity contribution in [1.82, 2.24) is 4.90 Å². The van der Waals surface area contributed by atoms with Gasteiger partial charge in [-0.15, -0.1) is 0 Å². The number of hydrogen-bond donors (Lipinski definition) is 2. The van der Waals surface area contributed by atoms with Gasteiger partial charge in [0.1, 0.15) is 37.7 Å². The predicted octanol–water partition coefficient (Wildman–Crippen LogP) is 5.49. The summed E-state index contributed by atoms with van der Waals surface area (Å²) in [5.41, 5.74) is 5.54. The molecule has 0 bridgehead atoms. The fourth-order valence-corrected chi connectivity index (χ4v) is 4.42. The molecule has 0 aromatic heterocycles. The number of benzene rings is 4. The first-order valence-corrected chi connectivity index (χ1v) is 11.2. The molecule has 1 aliphatic heterocycles. The average Bonchev–Trinajstić information content (AvgIpc) is 3.30. The number of phenolic OH excluding ortho intramolecular Hbond substituents is 2. The van der Waals surface area contributed by atoms with Crippen molar-refractivity contribution in [2.75, 3.05) is 13.1 Å². The Labute approximate surface area is 194 Å². The van der Waals surface area contributed by atoms with E-state index in [9.17, 15) is 10.2 Å². The van der Waals surface area contributed by atoms with Crippen LogP contribution in [0.1, 0.15) is 11.1 Å². The lowest BCUT2D eigenvalue weighted by atomic mass is 10.0. The monoisotopic (exact) mass is 435 g/mol. The Hall–Kier alpha value is -4.05. The summed E-state index contributed by atoms with van der Waals surface area (Å²) in [7, 11) is 0. The van der Waals surface area contributed by atoms with Gasteiger partial charge >= 0.3 is 0 Å². The third-order valence-electron chi connectivity index (χ3n) is 6.16. The van der Waals surface area contributed by atoms with Gasteiger partial charge in [-0.25, -0.2) is 0 Å². The van der Waals surface area contributed by atoms with Crippen LogP contribution in [0.3, 0.4) is 0 Å². The molecule has 0 aliphatic carbocycles. The molecule has 164 valence electrons. The van der Waals surface area contributed by atoms with Crippen molar-refractivity contribution in [2.24, 2.45) is 0 Å². The van der Waals surface area contributed by atoms with Crippen LogP contribution in [0.5, 0.6) is 11.5 Å². The first kappa shape index (κ1) is 20.8. The molecule has 2 N–H and O–H groups in total. The lowest BCUT2D eigenvalue weighted by molar-refractivity contribution is -0.530. The number of phenols is 2. The Morgan fingerprint density at radius 3 is 1.79 bits per heavy atom. The summed E-state index contributed by atoms with van der Waals surface area (Å²) in [5.74, 6) is 0.674. The summed E-state index contributed by atoms with van der Waals surface area (Å²) in [4.78, 5) is 2.21. The fraction of sp³-hybridized carbons (Fsp3) is 0.138. The Bertz CT molecular complexity index is 1280. The zero-order valence-corrected chi connectivity index (χ0v) is 18.4. The maximum absolute atomic E-state index is 10.9. The number of nitrogens with zero attached hydrogens (tertiary/aromatic N) is 2. The summed E-state index contributed by atoms with van der Waals surface area (Å²) < 4.78 is 2.21. The summed E-state index contributed by atoms with van der Waals surface area (Å²) in [5, 5.41) is 21.8. The molecule has 4 aromatic carbocycles. The van der Waals surface area contributed by atoms with Gasteiger partial charge in [0.15, 0.2) is 0 Å². The highest BCUT2D eigenvalue weighted by atomic mass is 16.3. The molecular formula is C29H27N2O2+. The van der Waals surface area contributed by atoms with E-state index < -0.39 is 0 Å². The molecule has 33 heavy (non-hydrogen) atoms. The minimum atomic E-state index is 0.337. The molecule has 1 heterocycles. The molecule has 5 rings (SSSR count). The quantitative estimate of drug-likeness (QED) is 0.394. The maximum atomic E-state index is 10.9. The lowest BCUT2D eigenvalue weighted by Crippen LogP contribution is -2.19. The Kier molecular flexibility index (Phi) is 5.81. The Balaban J connectivity index is 1.33. The van der Waals surface area contributed by atoms with Gasteiger partial charge in [-0.1, -0.05) is 97.1 Å². The van der Waals surface area contributed by atoms with Crippen LogP contribution in [0, 0.1) is 0 Å². The minimum absolute atomic E-state index is 0.337. The first-order valence-electron chi connectivity index (χ1n) is 11.2. The molecule has 0 atom stereocenters. The second kappa shape index (κ2) is 9.21. The SMILES string of the molecule is Oc1c(CN2C=[N+](Cc3cccc(-c4ccccc4)c3O)CC2)cccc1-c1ccccc1. The van der Waals surface area contributed by atoms with E-state index in [-0.39, 0.29) is 0 Å². The van der Waals surface area contributed by atoms with E-state index in [1.165, 1.54) is 0 Å². The molecule has 4 heteroatoms. The molecule has 0 saturated carbocycles. The second-order valence-corrected chi connectivity index (χ2v) is 8.42. The second-order valence-electron chi connectivity index (χ2n) is 8.42. The van der Waals surface area contributed by atoms with Gasteiger partial charge in [0.05, 0.1) is 0 Å². The van der Waals surface area contributed by atoms with Crippen LogP contribution in [-0.4, -0.2) is 39.1 Å². The number of hydrogen-bond acceptors (Lipinski definition) is 3. The Morgan fingerprint density at radius 2 is 1.18 bits per heavy atom. The summed E-state index contributed by atoms with van der Waals surface area (Å²) in [6.07, 6.45) is 2.10. The highest BCUT2D eigenvalue weighted by Crippen LogP contribution is 2.34. The molecule has 0 fully saturated rings. The fourth-order valence-electron chi connectivity index (χ4n) is 4.42. The molecule has 4 nitrogen and oxygen atoms in total. The van der Waals surface area contributed by atoms with E-state index in [1.54, 1.807) is 0 Å². The van der Waals surface area contributed by atoms with Gasteiger partial charge in [-0.2, -0.15) is 0 Å². The summed E-state index contributed by atoms with van der Waals surface area (Å²) in [6.45, 7) is 3.01. The zero-order chi connectivity index (χ0) is 22.6. The van der Waals surface area contributed by atoms with Gasteiger partial charge < -0.3 is 10.2 Å². The number of rotatable bonds is 6. The first-order chi connectivity index (χ1) is 16.2. The Morgan fingerprint density at radius 1 is 0.636 bits per heavy atom. The largest absolute Gasteiger partial charge is 0.507 e. The van der Waals surface area contributed by atoms with E-state index in [0.29, 0.717) is 24.6 Å². The topological polar surface area (TPSA) is 46.7 Å². The minimum Gasteiger partial charge on any atom is -0.507 e. The van der Waals surface area contributed by atoms with Gasteiger partial charge in [-0.05, 0) is 11.1 Å². The molecule has 1 aliphatic rings. The van der Waals surface area contributed by atoms with Crippen LogP contribution in [-0.2, 0) is 13.1 Å². The molecule has 0 radical (unpaired) electrons. The maximum Gasteiger partial charge on any atom is 0.234 e. The van der Waals surface area contributed by atoms with Crippen molar-refractivity contribution in [3.05, 3.63) is 108 Å². The van der Waals surface area contributed by atoms with Crippen LogP contribution in [0.15, 0.2) is 97.1 Å². The van der Waals surface area contributed by atoms with Gasteiger partial charge in [-0.3, -0.25) is 9.48 Å². The third kappa shape index (κ3) is 4.46. The standard InChI is InChI=1S/C29H26N2O2/c32-28-24(13-7-15-26(28)22-9-3-1-4-10-22)19-30-17-18-31(21-30)20-25-14-8-16-27(29(25)33)23-11-5-2-6-12-23/h1-16,21H,17-20H2,(H-,32,33)/p+1. The van der Waals surface area contributed by atoms with Crippen molar-refractivity contribution in [1.29, 1.82) is 0 Å².